The first-order valence-corrected chi connectivity index (χ1v) is 5.83. The number of hydrogen-bond donors (Lipinski definition) is 1. The lowest BCUT2D eigenvalue weighted by molar-refractivity contribution is 0.253. The van der Waals surface area contributed by atoms with E-state index in [4.69, 9.17) is 10.3 Å². The standard InChI is InChI=1S/C13H15F2N3O/c1-13(2,3)10(16)12-17-11(18-19-12)7-4-8(14)6-9(15)5-7/h4-6,10H,16H2,1-3H3/t10-/m1/s1. The Morgan fingerprint density at radius 1 is 1.16 bits per heavy atom. The third-order valence-electron chi connectivity index (χ3n) is 2.76. The molecule has 1 atom stereocenters. The zero-order valence-electron chi connectivity index (χ0n) is 10.9. The Morgan fingerprint density at radius 2 is 1.74 bits per heavy atom. The van der Waals surface area contributed by atoms with Crippen LogP contribution in [0.1, 0.15) is 32.7 Å². The molecule has 2 aromatic rings. The largest absolute Gasteiger partial charge is 0.337 e. The van der Waals surface area contributed by atoms with Crippen LogP contribution in [-0.2, 0) is 0 Å². The molecule has 4 nitrogen and oxygen atoms in total. The van der Waals surface area contributed by atoms with E-state index >= 15 is 0 Å². The van der Waals surface area contributed by atoms with Crippen LogP contribution < -0.4 is 5.73 Å². The minimum absolute atomic E-state index is 0.119. The summed E-state index contributed by atoms with van der Waals surface area (Å²) < 4.78 is 31.3. The summed E-state index contributed by atoms with van der Waals surface area (Å²) in [5.74, 6) is -1.02. The summed E-state index contributed by atoms with van der Waals surface area (Å²) in [5, 5.41) is 3.70. The van der Waals surface area contributed by atoms with Crippen molar-refractivity contribution in [2.75, 3.05) is 0 Å². The van der Waals surface area contributed by atoms with Crippen molar-refractivity contribution < 1.29 is 13.3 Å². The first kappa shape index (κ1) is 13.6. The lowest BCUT2D eigenvalue weighted by Gasteiger charge is -2.23. The summed E-state index contributed by atoms with van der Waals surface area (Å²) >= 11 is 0. The third kappa shape index (κ3) is 2.96. The van der Waals surface area contributed by atoms with E-state index in [2.05, 4.69) is 10.1 Å². The molecule has 2 rings (SSSR count). The number of benzene rings is 1. The molecule has 2 N–H and O–H groups in total. The van der Waals surface area contributed by atoms with Gasteiger partial charge in [0.2, 0.25) is 11.7 Å². The Kier molecular flexibility index (Phi) is 3.36. The second kappa shape index (κ2) is 4.70. The Balaban J connectivity index is 2.36. The van der Waals surface area contributed by atoms with Crippen molar-refractivity contribution in [1.29, 1.82) is 0 Å². The predicted octanol–water partition coefficient (Wildman–Crippen LogP) is 3.06. The Morgan fingerprint density at radius 3 is 2.26 bits per heavy atom. The van der Waals surface area contributed by atoms with Crippen molar-refractivity contribution in [2.24, 2.45) is 11.1 Å². The van der Waals surface area contributed by atoms with Crippen LogP contribution in [0, 0.1) is 17.0 Å². The molecule has 1 heterocycles. The lowest BCUT2D eigenvalue weighted by atomic mass is 9.87. The van der Waals surface area contributed by atoms with E-state index in [9.17, 15) is 8.78 Å². The van der Waals surface area contributed by atoms with Gasteiger partial charge in [-0.25, -0.2) is 8.78 Å². The first-order chi connectivity index (χ1) is 8.77. The van der Waals surface area contributed by atoms with E-state index in [1.165, 1.54) is 0 Å². The molecule has 0 saturated heterocycles. The van der Waals surface area contributed by atoms with E-state index in [0.29, 0.717) is 0 Å². The van der Waals surface area contributed by atoms with Crippen molar-refractivity contribution in [3.63, 3.8) is 0 Å². The Labute approximate surface area is 109 Å². The monoisotopic (exact) mass is 267 g/mol. The van der Waals surface area contributed by atoms with Gasteiger partial charge in [-0.1, -0.05) is 25.9 Å². The van der Waals surface area contributed by atoms with E-state index in [1.807, 2.05) is 20.8 Å². The van der Waals surface area contributed by atoms with Gasteiger partial charge >= 0.3 is 0 Å². The molecule has 0 bridgehead atoms. The maximum Gasteiger partial charge on any atom is 0.244 e. The summed E-state index contributed by atoms with van der Waals surface area (Å²) in [6.45, 7) is 5.80. The number of aromatic nitrogens is 2. The second-order valence-corrected chi connectivity index (χ2v) is 5.46. The average molecular weight is 267 g/mol. The van der Waals surface area contributed by atoms with Crippen LogP contribution in [0.5, 0.6) is 0 Å². The molecular formula is C13H15F2N3O. The van der Waals surface area contributed by atoms with Crippen molar-refractivity contribution >= 4 is 0 Å². The van der Waals surface area contributed by atoms with Crippen molar-refractivity contribution in [3.8, 4) is 11.4 Å². The van der Waals surface area contributed by atoms with Crippen LogP contribution >= 0.6 is 0 Å². The quantitative estimate of drug-likeness (QED) is 0.908. The highest BCUT2D eigenvalue weighted by Gasteiger charge is 2.27. The zero-order valence-corrected chi connectivity index (χ0v) is 10.9. The summed E-state index contributed by atoms with van der Waals surface area (Å²) in [6.07, 6.45) is 0. The van der Waals surface area contributed by atoms with Gasteiger partial charge in [-0.3, -0.25) is 0 Å². The van der Waals surface area contributed by atoms with Crippen molar-refractivity contribution in [1.82, 2.24) is 10.1 Å². The number of nitrogens with two attached hydrogens (primary N) is 1. The fourth-order valence-electron chi connectivity index (χ4n) is 1.53. The van der Waals surface area contributed by atoms with E-state index < -0.39 is 17.7 Å². The van der Waals surface area contributed by atoms with Crippen molar-refractivity contribution in [2.45, 2.75) is 26.8 Å². The van der Waals surface area contributed by atoms with Gasteiger partial charge in [0.1, 0.15) is 11.6 Å². The topological polar surface area (TPSA) is 64.9 Å². The van der Waals surface area contributed by atoms with Gasteiger partial charge in [0.05, 0.1) is 6.04 Å². The molecule has 102 valence electrons. The zero-order chi connectivity index (χ0) is 14.2. The lowest BCUT2D eigenvalue weighted by Crippen LogP contribution is -2.26. The van der Waals surface area contributed by atoms with Crippen LogP contribution in [0.4, 0.5) is 8.78 Å². The van der Waals surface area contributed by atoms with Crippen LogP contribution in [-0.4, -0.2) is 10.1 Å². The molecule has 0 spiro atoms. The van der Waals surface area contributed by atoms with Crippen LogP contribution in [0.25, 0.3) is 11.4 Å². The molecule has 6 heteroatoms. The Bertz CT molecular complexity index is 570. The molecule has 0 radical (unpaired) electrons. The fraction of sp³-hybridized carbons (Fsp3) is 0.385. The summed E-state index contributed by atoms with van der Waals surface area (Å²) in [7, 11) is 0. The molecular weight excluding hydrogens is 252 g/mol. The molecule has 0 saturated carbocycles. The van der Waals surface area contributed by atoms with Gasteiger partial charge < -0.3 is 10.3 Å². The second-order valence-electron chi connectivity index (χ2n) is 5.46. The smallest absolute Gasteiger partial charge is 0.244 e. The van der Waals surface area contributed by atoms with Gasteiger partial charge in [0, 0.05) is 11.6 Å². The fourth-order valence-corrected chi connectivity index (χ4v) is 1.53. The molecule has 1 aromatic carbocycles. The molecule has 0 fully saturated rings. The molecule has 0 aliphatic carbocycles. The summed E-state index contributed by atoms with van der Waals surface area (Å²) in [6, 6.07) is 2.61. The highest BCUT2D eigenvalue weighted by molar-refractivity contribution is 5.54. The van der Waals surface area contributed by atoms with Gasteiger partial charge in [-0.15, -0.1) is 0 Å². The van der Waals surface area contributed by atoms with Crippen LogP contribution in [0.3, 0.4) is 0 Å². The Hall–Kier alpha value is -1.82. The van der Waals surface area contributed by atoms with E-state index in [1.54, 1.807) is 0 Å². The van der Waals surface area contributed by atoms with Crippen LogP contribution in [0.2, 0.25) is 0 Å². The maximum atomic E-state index is 13.1. The van der Waals surface area contributed by atoms with Gasteiger partial charge in [-0.05, 0) is 17.5 Å². The highest BCUT2D eigenvalue weighted by Crippen LogP contribution is 2.30. The highest BCUT2D eigenvalue weighted by atomic mass is 19.1. The maximum absolute atomic E-state index is 13.1. The normalized spacial score (nSPS) is 13.6. The van der Waals surface area contributed by atoms with Gasteiger partial charge in [0.15, 0.2) is 0 Å². The number of nitrogens with zero attached hydrogens (tertiary/aromatic N) is 2. The number of rotatable bonds is 2. The van der Waals surface area contributed by atoms with E-state index in [-0.39, 0.29) is 22.7 Å². The minimum atomic E-state index is -0.693. The summed E-state index contributed by atoms with van der Waals surface area (Å²) in [4.78, 5) is 4.09. The molecule has 19 heavy (non-hydrogen) atoms. The van der Waals surface area contributed by atoms with Crippen LogP contribution in [0.15, 0.2) is 22.7 Å². The molecule has 1 aromatic heterocycles. The molecule has 0 amide bonds. The number of halogens is 2. The van der Waals surface area contributed by atoms with Gasteiger partial charge in [-0.2, -0.15) is 4.98 Å². The summed E-state index contributed by atoms with van der Waals surface area (Å²) in [5.41, 5.74) is 5.94. The molecule has 0 unspecified atom stereocenters. The average Bonchev–Trinajstić information content (AvgIpc) is 2.74. The number of hydrogen-bond acceptors (Lipinski definition) is 4. The first-order valence-electron chi connectivity index (χ1n) is 5.83. The molecule has 0 aliphatic rings. The minimum Gasteiger partial charge on any atom is -0.337 e. The molecule has 0 aliphatic heterocycles. The van der Waals surface area contributed by atoms with Crippen molar-refractivity contribution in [3.05, 3.63) is 35.7 Å². The predicted molar refractivity (Wildman–Crippen MR) is 66.0 cm³/mol. The van der Waals surface area contributed by atoms with Gasteiger partial charge in [0.25, 0.3) is 0 Å². The van der Waals surface area contributed by atoms with E-state index in [0.717, 1.165) is 18.2 Å². The SMILES string of the molecule is CC(C)(C)[C@H](N)c1nc(-c2cc(F)cc(F)c2)no1. The third-order valence-corrected chi connectivity index (χ3v) is 2.76.